The molecule has 1 saturated heterocycles. The molecule has 1 fully saturated rings. The van der Waals surface area contributed by atoms with E-state index in [0.29, 0.717) is 30.2 Å². The number of rotatable bonds is 3. The summed E-state index contributed by atoms with van der Waals surface area (Å²) in [5, 5.41) is 6.82. The lowest BCUT2D eigenvalue weighted by atomic mass is 9.84. The van der Waals surface area contributed by atoms with Crippen LogP contribution >= 0.6 is 15.9 Å². The highest BCUT2D eigenvalue weighted by Gasteiger charge is 2.55. The highest BCUT2D eigenvalue weighted by Crippen LogP contribution is 2.41. The van der Waals surface area contributed by atoms with Crippen LogP contribution in [0.25, 0.3) is 11.4 Å². The maximum Gasteiger partial charge on any atom is 0.325 e. The van der Waals surface area contributed by atoms with Crippen LogP contribution in [0.4, 0.5) is 4.79 Å². The predicted molar refractivity (Wildman–Crippen MR) is 105 cm³/mol. The Bertz CT molecular complexity index is 1130. The van der Waals surface area contributed by atoms with E-state index in [0.717, 1.165) is 14.9 Å². The average Bonchev–Trinajstić information content (AvgIpc) is 3.28. The normalized spacial score (nSPS) is 20.5. The lowest BCUT2D eigenvalue weighted by Gasteiger charge is -2.33. The van der Waals surface area contributed by atoms with E-state index in [1.54, 1.807) is 12.1 Å². The van der Waals surface area contributed by atoms with Crippen molar-refractivity contribution < 1.29 is 18.8 Å². The second kappa shape index (κ2) is 6.70. The molecule has 0 bridgehead atoms. The van der Waals surface area contributed by atoms with E-state index in [-0.39, 0.29) is 18.3 Å². The van der Waals surface area contributed by atoms with Gasteiger partial charge in [0.2, 0.25) is 11.7 Å². The standard InChI is InChI=1S/C20H15BrN4O4/c21-13-5-3-4-12(10-13)17-22-16(29-24-17)11-25-18(26)20(23-19(25)27)8-9-28-15-7-2-1-6-14(15)20/h1-7,10H,8-9,11H2,(H,23,27). The Kier molecular flexibility index (Phi) is 4.13. The molecule has 5 rings (SSSR count). The highest BCUT2D eigenvalue weighted by molar-refractivity contribution is 9.10. The summed E-state index contributed by atoms with van der Waals surface area (Å²) in [5.41, 5.74) is 0.299. The number of halogens is 1. The van der Waals surface area contributed by atoms with Gasteiger partial charge in [-0.05, 0) is 18.2 Å². The maximum atomic E-state index is 13.3. The number of imide groups is 1. The van der Waals surface area contributed by atoms with Crippen molar-refractivity contribution in [1.29, 1.82) is 0 Å². The van der Waals surface area contributed by atoms with Crippen LogP contribution in [0.5, 0.6) is 5.75 Å². The van der Waals surface area contributed by atoms with E-state index in [1.807, 2.05) is 36.4 Å². The molecule has 2 aliphatic heterocycles. The number of para-hydroxylation sites is 1. The summed E-state index contributed by atoms with van der Waals surface area (Å²) in [6.45, 7) is 0.237. The fourth-order valence-corrected chi connectivity index (χ4v) is 4.11. The monoisotopic (exact) mass is 454 g/mol. The molecular weight excluding hydrogens is 440 g/mol. The quantitative estimate of drug-likeness (QED) is 0.610. The van der Waals surface area contributed by atoms with Gasteiger partial charge < -0.3 is 14.6 Å². The largest absolute Gasteiger partial charge is 0.493 e. The van der Waals surface area contributed by atoms with E-state index in [1.165, 1.54) is 0 Å². The summed E-state index contributed by atoms with van der Waals surface area (Å²) in [6, 6.07) is 14.2. The number of nitrogens with one attached hydrogen (secondary N) is 1. The Hall–Kier alpha value is -3.20. The first-order chi connectivity index (χ1) is 14.1. The summed E-state index contributed by atoms with van der Waals surface area (Å²) in [5.74, 6) is 0.824. The Morgan fingerprint density at radius 3 is 2.90 bits per heavy atom. The van der Waals surface area contributed by atoms with Crippen LogP contribution in [-0.4, -0.2) is 33.6 Å². The number of ether oxygens (including phenoxy) is 1. The summed E-state index contributed by atoms with van der Waals surface area (Å²) in [4.78, 5) is 31.4. The van der Waals surface area contributed by atoms with Gasteiger partial charge in [0.15, 0.2) is 5.54 Å². The van der Waals surface area contributed by atoms with Crippen LogP contribution in [0.2, 0.25) is 0 Å². The molecule has 8 nitrogen and oxygen atoms in total. The van der Waals surface area contributed by atoms with Crippen molar-refractivity contribution in [2.75, 3.05) is 6.61 Å². The molecule has 1 N–H and O–H groups in total. The molecule has 0 saturated carbocycles. The first kappa shape index (κ1) is 17.9. The predicted octanol–water partition coefficient (Wildman–Crippen LogP) is 3.23. The molecule has 146 valence electrons. The third-order valence-corrected chi connectivity index (χ3v) is 5.59. The van der Waals surface area contributed by atoms with Gasteiger partial charge in [0.1, 0.15) is 12.3 Å². The minimum Gasteiger partial charge on any atom is -0.493 e. The molecule has 0 aliphatic carbocycles. The fourth-order valence-electron chi connectivity index (χ4n) is 3.71. The zero-order valence-corrected chi connectivity index (χ0v) is 16.7. The van der Waals surface area contributed by atoms with E-state index in [9.17, 15) is 9.59 Å². The van der Waals surface area contributed by atoms with Crippen LogP contribution in [0, 0.1) is 0 Å². The number of aromatic nitrogens is 2. The summed E-state index contributed by atoms with van der Waals surface area (Å²) in [6.07, 6.45) is 0.359. The van der Waals surface area contributed by atoms with Crippen LogP contribution in [0.15, 0.2) is 57.5 Å². The Balaban J connectivity index is 1.43. The number of amides is 3. The van der Waals surface area contributed by atoms with Crippen molar-refractivity contribution in [3.05, 3.63) is 64.5 Å². The Morgan fingerprint density at radius 2 is 2.03 bits per heavy atom. The molecule has 2 aliphatic rings. The van der Waals surface area contributed by atoms with Crippen LogP contribution in [-0.2, 0) is 16.9 Å². The number of hydrogen-bond donors (Lipinski definition) is 1. The van der Waals surface area contributed by atoms with Crippen molar-refractivity contribution in [2.45, 2.75) is 18.5 Å². The molecule has 9 heteroatoms. The average molecular weight is 455 g/mol. The lowest BCUT2D eigenvalue weighted by molar-refractivity contribution is -0.133. The van der Waals surface area contributed by atoms with E-state index in [4.69, 9.17) is 9.26 Å². The second-order valence-electron chi connectivity index (χ2n) is 6.84. The molecular formula is C20H15BrN4O4. The van der Waals surface area contributed by atoms with Crippen LogP contribution < -0.4 is 10.1 Å². The summed E-state index contributed by atoms with van der Waals surface area (Å²) < 4.78 is 11.8. The molecule has 3 aromatic rings. The van der Waals surface area contributed by atoms with Gasteiger partial charge >= 0.3 is 6.03 Å². The summed E-state index contributed by atoms with van der Waals surface area (Å²) >= 11 is 3.40. The van der Waals surface area contributed by atoms with Gasteiger partial charge in [0, 0.05) is 22.0 Å². The highest BCUT2D eigenvalue weighted by atomic mass is 79.9. The van der Waals surface area contributed by atoms with Crippen molar-refractivity contribution in [3.63, 3.8) is 0 Å². The van der Waals surface area contributed by atoms with Gasteiger partial charge in [0.25, 0.3) is 5.91 Å². The fraction of sp³-hybridized carbons (Fsp3) is 0.200. The number of fused-ring (bicyclic) bond motifs is 2. The third-order valence-electron chi connectivity index (χ3n) is 5.10. The van der Waals surface area contributed by atoms with Crippen molar-refractivity contribution in [3.8, 4) is 17.1 Å². The van der Waals surface area contributed by atoms with E-state index < -0.39 is 11.6 Å². The molecule has 3 amide bonds. The molecule has 29 heavy (non-hydrogen) atoms. The number of carbonyl (C=O) groups is 2. The molecule has 0 radical (unpaired) electrons. The number of urea groups is 1. The van der Waals surface area contributed by atoms with Crippen LogP contribution in [0.1, 0.15) is 17.9 Å². The smallest absolute Gasteiger partial charge is 0.325 e. The van der Waals surface area contributed by atoms with Crippen molar-refractivity contribution in [2.24, 2.45) is 0 Å². The minimum absolute atomic E-state index is 0.101. The van der Waals surface area contributed by atoms with Crippen molar-refractivity contribution >= 4 is 27.9 Å². The van der Waals surface area contributed by atoms with E-state index in [2.05, 4.69) is 31.4 Å². The van der Waals surface area contributed by atoms with Gasteiger partial charge in [-0.15, -0.1) is 0 Å². The van der Waals surface area contributed by atoms with Gasteiger partial charge in [-0.3, -0.25) is 9.69 Å². The zero-order valence-electron chi connectivity index (χ0n) is 15.1. The first-order valence-corrected chi connectivity index (χ1v) is 9.81. The SMILES string of the molecule is O=C1NC2(CCOc3ccccc32)C(=O)N1Cc1nc(-c2cccc(Br)c2)no1. The zero-order chi connectivity index (χ0) is 20.0. The maximum absolute atomic E-state index is 13.3. The van der Waals surface area contributed by atoms with Crippen molar-refractivity contribution in [1.82, 2.24) is 20.4 Å². The molecule has 2 aromatic carbocycles. The van der Waals surface area contributed by atoms with Gasteiger partial charge in [0.05, 0.1) is 6.61 Å². The van der Waals surface area contributed by atoms with Gasteiger partial charge in [-0.2, -0.15) is 4.98 Å². The number of hydrogen-bond acceptors (Lipinski definition) is 6. The number of benzene rings is 2. The van der Waals surface area contributed by atoms with Gasteiger partial charge in [-0.1, -0.05) is 51.4 Å². The third kappa shape index (κ3) is 2.89. The first-order valence-electron chi connectivity index (χ1n) is 9.02. The lowest BCUT2D eigenvalue weighted by Crippen LogP contribution is -2.47. The molecule has 1 unspecified atom stereocenters. The number of nitrogens with zero attached hydrogens (tertiary/aromatic N) is 3. The Morgan fingerprint density at radius 1 is 1.17 bits per heavy atom. The molecule has 1 aromatic heterocycles. The molecule has 3 heterocycles. The molecule has 1 atom stereocenters. The topological polar surface area (TPSA) is 97.6 Å². The van der Waals surface area contributed by atoms with Crippen LogP contribution in [0.3, 0.4) is 0 Å². The molecule has 1 spiro atoms. The van der Waals surface area contributed by atoms with E-state index >= 15 is 0 Å². The minimum atomic E-state index is -1.13. The second-order valence-corrected chi connectivity index (χ2v) is 7.76. The number of carbonyl (C=O) groups excluding carboxylic acids is 2. The van der Waals surface area contributed by atoms with Gasteiger partial charge in [-0.25, -0.2) is 4.79 Å². The summed E-state index contributed by atoms with van der Waals surface area (Å²) in [7, 11) is 0. The Labute approximate surface area is 174 Å².